The van der Waals surface area contributed by atoms with Crippen LogP contribution in [0.3, 0.4) is 0 Å². The van der Waals surface area contributed by atoms with Crippen LogP contribution in [0.15, 0.2) is 24.3 Å². The highest BCUT2D eigenvalue weighted by molar-refractivity contribution is 5.81. The Kier molecular flexibility index (Phi) is 3.45. The molecule has 2 aliphatic heterocycles. The van der Waals surface area contributed by atoms with Gasteiger partial charge in [0.2, 0.25) is 0 Å². The van der Waals surface area contributed by atoms with Gasteiger partial charge in [-0.15, -0.1) is 0 Å². The van der Waals surface area contributed by atoms with Crippen molar-refractivity contribution in [3.63, 3.8) is 0 Å². The van der Waals surface area contributed by atoms with Crippen LogP contribution in [0.2, 0.25) is 0 Å². The van der Waals surface area contributed by atoms with Crippen molar-refractivity contribution >= 4 is 5.91 Å². The van der Waals surface area contributed by atoms with Crippen molar-refractivity contribution in [2.75, 3.05) is 32.8 Å². The van der Waals surface area contributed by atoms with Crippen molar-refractivity contribution in [3.8, 4) is 0 Å². The minimum atomic E-state index is -0.458. The second kappa shape index (κ2) is 5.22. The molecule has 2 fully saturated rings. The van der Waals surface area contributed by atoms with Crippen molar-refractivity contribution in [1.29, 1.82) is 0 Å². The monoisotopic (exact) mass is 250 g/mol. The number of fused-ring (bicyclic) bond motifs is 1. The van der Waals surface area contributed by atoms with Crippen molar-refractivity contribution in [2.24, 2.45) is 0 Å². The molecule has 0 radical (unpaired) electrons. The highest BCUT2D eigenvalue weighted by Crippen LogP contribution is 2.21. The molecular formula is C13H18N2O3. The van der Waals surface area contributed by atoms with Crippen molar-refractivity contribution < 1.29 is 14.3 Å². The zero-order chi connectivity index (χ0) is 12.4. The van der Waals surface area contributed by atoms with Crippen molar-refractivity contribution in [2.45, 2.75) is 18.3 Å². The lowest BCUT2D eigenvalue weighted by molar-refractivity contribution is -0.177. The molecule has 5 nitrogen and oxygen atoms in total. The van der Waals surface area contributed by atoms with Crippen LogP contribution in [-0.4, -0.2) is 61.9 Å². The summed E-state index contributed by atoms with van der Waals surface area (Å²) in [7, 11) is 0. The molecule has 1 N–H and O–H groups in total. The Morgan fingerprint density at radius 3 is 2.67 bits per heavy atom. The van der Waals surface area contributed by atoms with E-state index < -0.39 is 6.10 Å². The minimum Gasteiger partial charge on any atom is -0.368 e. The molecule has 98 valence electrons. The molecule has 0 saturated carbocycles. The standard InChI is InChI=1S/C13H18N2O3/c16-13(15-7-5-14-6-8-15)12-9-17-10-3-1-2-4-11(10)18-12/h1-4,10-12,14H,5-9H2. The van der Waals surface area contributed by atoms with Gasteiger partial charge in [0, 0.05) is 26.2 Å². The summed E-state index contributed by atoms with van der Waals surface area (Å²) in [6, 6.07) is 0. The Balaban J connectivity index is 1.61. The number of amides is 1. The van der Waals surface area contributed by atoms with Gasteiger partial charge in [-0.2, -0.15) is 0 Å². The van der Waals surface area contributed by atoms with E-state index in [0.717, 1.165) is 26.2 Å². The Hall–Kier alpha value is -1.17. The number of allylic oxidation sites excluding steroid dienone is 2. The Morgan fingerprint density at radius 1 is 1.17 bits per heavy atom. The second-order valence-electron chi connectivity index (χ2n) is 4.73. The molecule has 1 aliphatic carbocycles. The number of nitrogens with one attached hydrogen (secondary N) is 1. The molecular weight excluding hydrogens is 232 g/mol. The smallest absolute Gasteiger partial charge is 0.254 e. The summed E-state index contributed by atoms with van der Waals surface area (Å²) in [5.74, 6) is 0.0536. The molecule has 3 atom stereocenters. The van der Waals surface area contributed by atoms with Crippen LogP contribution in [0.4, 0.5) is 0 Å². The fourth-order valence-corrected chi connectivity index (χ4v) is 2.49. The van der Waals surface area contributed by atoms with E-state index in [4.69, 9.17) is 9.47 Å². The Bertz CT molecular complexity index is 374. The number of carbonyl (C=O) groups is 1. The van der Waals surface area contributed by atoms with Gasteiger partial charge >= 0.3 is 0 Å². The van der Waals surface area contributed by atoms with Gasteiger partial charge < -0.3 is 19.7 Å². The fourth-order valence-electron chi connectivity index (χ4n) is 2.49. The third-order valence-corrected chi connectivity index (χ3v) is 3.50. The van der Waals surface area contributed by atoms with Crippen LogP contribution in [0.1, 0.15) is 0 Å². The maximum Gasteiger partial charge on any atom is 0.254 e. The van der Waals surface area contributed by atoms with Crippen LogP contribution in [0.25, 0.3) is 0 Å². The molecule has 3 unspecified atom stereocenters. The molecule has 0 aromatic heterocycles. The van der Waals surface area contributed by atoms with Gasteiger partial charge in [-0.1, -0.05) is 24.3 Å². The predicted octanol–water partition coefficient (Wildman–Crippen LogP) is -0.303. The lowest BCUT2D eigenvalue weighted by Gasteiger charge is -2.37. The zero-order valence-corrected chi connectivity index (χ0v) is 10.2. The molecule has 18 heavy (non-hydrogen) atoms. The summed E-state index contributed by atoms with van der Waals surface area (Å²) in [6.45, 7) is 3.56. The van der Waals surface area contributed by atoms with E-state index in [1.165, 1.54) is 0 Å². The maximum absolute atomic E-state index is 12.3. The number of piperazine rings is 1. The topological polar surface area (TPSA) is 50.8 Å². The van der Waals surface area contributed by atoms with Crippen LogP contribution in [0, 0.1) is 0 Å². The summed E-state index contributed by atoms with van der Waals surface area (Å²) in [6.07, 6.45) is 7.17. The highest BCUT2D eigenvalue weighted by Gasteiger charge is 2.35. The van der Waals surface area contributed by atoms with Gasteiger partial charge in [0.15, 0.2) is 6.10 Å². The number of ether oxygens (including phenoxy) is 2. The number of hydrogen-bond acceptors (Lipinski definition) is 4. The number of nitrogens with zero attached hydrogens (tertiary/aromatic N) is 1. The zero-order valence-electron chi connectivity index (χ0n) is 10.2. The molecule has 0 aromatic rings. The van der Waals surface area contributed by atoms with Crippen LogP contribution < -0.4 is 5.32 Å². The van der Waals surface area contributed by atoms with E-state index in [1.807, 2.05) is 29.2 Å². The van der Waals surface area contributed by atoms with Crippen LogP contribution >= 0.6 is 0 Å². The summed E-state index contributed by atoms with van der Waals surface area (Å²) >= 11 is 0. The fraction of sp³-hybridized carbons (Fsp3) is 0.615. The lowest BCUT2D eigenvalue weighted by atomic mass is 10.1. The molecule has 0 spiro atoms. The minimum absolute atomic E-state index is 0.0397. The third kappa shape index (κ3) is 2.34. The van der Waals surface area contributed by atoms with Gasteiger partial charge in [0.1, 0.15) is 12.2 Å². The van der Waals surface area contributed by atoms with Crippen molar-refractivity contribution in [3.05, 3.63) is 24.3 Å². The molecule has 5 heteroatoms. The first-order valence-corrected chi connectivity index (χ1v) is 6.46. The highest BCUT2D eigenvalue weighted by atomic mass is 16.6. The van der Waals surface area contributed by atoms with E-state index in [2.05, 4.69) is 5.32 Å². The van der Waals surface area contributed by atoms with Gasteiger partial charge in [-0.25, -0.2) is 0 Å². The quantitative estimate of drug-likeness (QED) is 0.694. The first-order chi connectivity index (χ1) is 8.84. The molecule has 0 aromatic carbocycles. The molecule has 2 saturated heterocycles. The average Bonchev–Trinajstić information content (AvgIpc) is 2.47. The van der Waals surface area contributed by atoms with E-state index in [9.17, 15) is 4.79 Å². The average molecular weight is 250 g/mol. The van der Waals surface area contributed by atoms with Gasteiger partial charge in [-0.05, 0) is 0 Å². The number of rotatable bonds is 1. The Morgan fingerprint density at radius 2 is 1.89 bits per heavy atom. The summed E-state index contributed by atoms with van der Waals surface area (Å²) in [4.78, 5) is 14.1. The largest absolute Gasteiger partial charge is 0.368 e. The molecule has 1 amide bonds. The summed E-state index contributed by atoms with van der Waals surface area (Å²) in [5.41, 5.74) is 0. The third-order valence-electron chi connectivity index (χ3n) is 3.50. The second-order valence-corrected chi connectivity index (χ2v) is 4.73. The maximum atomic E-state index is 12.3. The first kappa shape index (κ1) is 11.9. The van der Waals surface area contributed by atoms with Gasteiger partial charge in [0.05, 0.1) is 6.61 Å². The first-order valence-electron chi connectivity index (χ1n) is 6.46. The SMILES string of the molecule is O=C(C1COC2C=CC=CC2O1)N1CCNCC1. The van der Waals surface area contributed by atoms with Crippen molar-refractivity contribution in [1.82, 2.24) is 10.2 Å². The van der Waals surface area contributed by atoms with E-state index in [0.29, 0.717) is 6.61 Å². The molecule has 2 heterocycles. The molecule has 3 aliphatic rings. The van der Waals surface area contributed by atoms with Gasteiger partial charge in [0.25, 0.3) is 5.91 Å². The van der Waals surface area contributed by atoms with E-state index in [-0.39, 0.29) is 18.1 Å². The Labute approximate surface area is 106 Å². The van der Waals surface area contributed by atoms with Gasteiger partial charge in [-0.3, -0.25) is 4.79 Å². The number of carbonyl (C=O) groups excluding carboxylic acids is 1. The summed E-state index contributed by atoms with van der Waals surface area (Å²) < 4.78 is 11.5. The van der Waals surface area contributed by atoms with Crippen LogP contribution in [-0.2, 0) is 14.3 Å². The molecule has 3 rings (SSSR count). The molecule has 0 bridgehead atoms. The predicted molar refractivity (Wildman–Crippen MR) is 66.1 cm³/mol. The van der Waals surface area contributed by atoms with Crippen LogP contribution in [0.5, 0.6) is 0 Å². The van der Waals surface area contributed by atoms with E-state index in [1.54, 1.807) is 0 Å². The summed E-state index contributed by atoms with van der Waals surface area (Å²) in [5, 5.41) is 3.23. The number of hydrogen-bond donors (Lipinski definition) is 1. The van der Waals surface area contributed by atoms with E-state index >= 15 is 0 Å². The lowest BCUT2D eigenvalue weighted by Crippen LogP contribution is -2.54. The normalized spacial score (nSPS) is 35.3.